The van der Waals surface area contributed by atoms with Gasteiger partial charge < -0.3 is 9.30 Å². The van der Waals surface area contributed by atoms with Crippen molar-refractivity contribution in [3.63, 3.8) is 0 Å². The van der Waals surface area contributed by atoms with Gasteiger partial charge in [0, 0.05) is 24.6 Å². The maximum Gasteiger partial charge on any atom is 0.354 e. The minimum atomic E-state index is -0.319. The van der Waals surface area contributed by atoms with Crippen LogP contribution in [0.5, 0.6) is 0 Å². The molecule has 2 aromatic rings. The van der Waals surface area contributed by atoms with Gasteiger partial charge in [0.2, 0.25) is 0 Å². The average Bonchev–Trinajstić information content (AvgIpc) is 2.76. The average molecular weight is 230 g/mol. The highest BCUT2D eigenvalue weighted by Crippen LogP contribution is 2.09. The lowest BCUT2D eigenvalue weighted by atomic mass is 10.2. The van der Waals surface area contributed by atoms with Crippen LogP contribution in [0.1, 0.15) is 21.7 Å². The lowest BCUT2D eigenvalue weighted by Crippen LogP contribution is -2.10. The normalized spacial score (nSPS) is 10.2. The van der Waals surface area contributed by atoms with Crippen LogP contribution in [0.4, 0.5) is 0 Å². The van der Waals surface area contributed by atoms with Gasteiger partial charge in [0.25, 0.3) is 0 Å². The van der Waals surface area contributed by atoms with Gasteiger partial charge in [0.05, 0.1) is 7.11 Å². The predicted octanol–water partition coefficient (Wildman–Crippen LogP) is 2.03. The zero-order valence-corrected chi connectivity index (χ0v) is 9.88. The number of hydrogen-bond acceptors (Lipinski definition) is 3. The number of nitrogens with zero attached hydrogens (tertiary/aromatic N) is 2. The Morgan fingerprint density at radius 2 is 2.29 bits per heavy atom. The molecule has 4 nitrogen and oxygen atoms in total. The van der Waals surface area contributed by atoms with E-state index in [0.29, 0.717) is 12.2 Å². The van der Waals surface area contributed by atoms with Crippen LogP contribution in [0, 0.1) is 6.92 Å². The number of esters is 1. The smallest absolute Gasteiger partial charge is 0.354 e. The molecule has 0 fully saturated rings. The highest BCUT2D eigenvalue weighted by Gasteiger charge is 2.10. The van der Waals surface area contributed by atoms with Crippen LogP contribution in [0.2, 0.25) is 0 Å². The number of methoxy groups -OCH3 is 1. The molecule has 0 amide bonds. The maximum absolute atomic E-state index is 11.5. The van der Waals surface area contributed by atoms with Crippen LogP contribution < -0.4 is 0 Å². The molecule has 0 aliphatic carbocycles. The van der Waals surface area contributed by atoms with Crippen LogP contribution in [-0.4, -0.2) is 22.6 Å². The Morgan fingerprint density at radius 1 is 1.47 bits per heavy atom. The molecule has 0 bridgehead atoms. The van der Waals surface area contributed by atoms with Gasteiger partial charge >= 0.3 is 5.97 Å². The molecule has 0 aromatic carbocycles. The van der Waals surface area contributed by atoms with Gasteiger partial charge in [-0.25, -0.2) is 4.79 Å². The Kier molecular flexibility index (Phi) is 3.23. The summed E-state index contributed by atoms with van der Waals surface area (Å²) in [6.07, 6.45) is 3.63. The zero-order chi connectivity index (χ0) is 12.3. The highest BCUT2D eigenvalue weighted by atomic mass is 16.5. The van der Waals surface area contributed by atoms with Crippen molar-refractivity contribution in [1.82, 2.24) is 9.55 Å². The summed E-state index contributed by atoms with van der Waals surface area (Å²) >= 11 is 0. The molecule has 0 N–H and O–H groups in total. The Morgan fingerprint density at radius 3 is 3.00 bits per heavy atom. The van der Waals surface area contributed by atoms with E-state index in [2.05, 4.69) is 4.98 Å². The van der Waals surface area contributed by atoms with Gasteiger partial charge in [0.15, 0.2) is 0 Å². The lowest BCUT2D eigenvalue weighted by molar-refractivity contribution is 0.0589. The van der Waals surface area contributed by atoms with Crippen molar-refractivity contribution in [1.29, 1.82) is 0 Å². The largest absolute Gasteiger partial charge is 0.464 e. The number of aryl methyl sites for hydroxylation is 1. The van der Waals surface area contributed by atoms with Crippen molar-refractivity contribution < 1.29 is 9.53 Å². The second-order valence-corrected chi connectivity index (χ2v) is 3.82. The van der Waals surface area contributed by atoms with Crippen molar-refractivity contribution in [2.75, 3.05) is 7.11 Å². The highest BCUT2D eigenvalue weighted by molar-refractivity contribution is 5.87. The van der Waals surface area contributed by atoms with Crippen LogP contribution in [0.3, 0.4) is 0 Å². The molecule has 0 unspecified atom stereocenters. The van der Waals surface area contributed by atoms with E-state index in [9.17, 15) is 4.79 Å². The number of rotatable bonds is 3. The van der Waals surface area contributed by atoms with E-state index in [1.54, 1.807) is 12.3 Å². The van der Waals surface area contributed by atoms with E-state index in [4.69, 9.17) is 4.74 Å². The minimum absolute atomic E-state index is 0.319. The molecule has 0 saturated heterocycles. The summed E-state index contributed by atoms with van der Waals surface area (Å²) in [5.41, 5.74) is 2.63. The van der Waals surface area contributed by atoms with Crippen molar-refractivity contribution in [3.05, 3.63) is 53.6 Å². The number of hydrogen-bond donors (Lipinski definition) is 0. The first-order valence-electron chi connectivity index (χ1n) is 5.35. The van der Waals surface area contributed by atoms with Crippen molar-refractivity contribution in [2.45, 2.75) is 13.5 Å². The second-order valence-electron chi connectivity index (χ2n) is 3.82. The molecule has 0 saturated carbocycles. The molecule has 0 atom stereocenters. The Hall–Kier alpha value is -2.10. The first kappa shape index (κ1) is 11.4. The summed E-state index contributed by atoms with van der Waals surface area (Å²) in [4.78, 5) is 15.6. The standard InChI is InChI=1S/C13H14N2O2/c1-10-8-11(5-6-14-10)9-15-7-3-4-12(15)13(16)17-2/h3-8H,9H2,1-2H3. The van der Waals surface area contributed by atoms with Crippen LogP contribution in [-0.2, 0) is 11.3 Å². The van der Waals surface area contributed by atoms with Gasteiger partial charge in [-0.2, -0.15) is 0 Å². The molecular formula is C13H14N2O2. The van der Waals surface area contributed by atoms with Gasteiger partial charge in [-0.1, -0.05) is 0 Å². The molecular weight excluding hydrogens is 216 g/mol. The first-order chi connectivity index (χ1) is 8.20. The van der Waals surface area contributed by atoms with Gasteiger partial charge in [-0.3, -0.25) is 4.98 Å². The summed E-state index contributed by atoms with van der Waals surface area (Å²) in [5, 5.41) is 0. The van der Waals surface area contributed by atoms with Gasteiger partial charge in [-0.05, 0) is 36.8 Å². The van der Waals surface area contributed by atoms with E-state index < -0.39 is 0 Å². The number of ether oxygens (including phenoxy) is 1. The topological polar surface area (TPSA) is 44.1 Å². The summed E-state index contributed by atoms with van der Waals surface area (Å²) in [6, 6.07) is 7.52. The van der Waals surface area contributed by atoms with Crippen LogP contribution in [0.15, 0.2) is 36.7 Å². The van der Waals surface area contributed by atoms with Crippen molar-refractivity contribution in [3.8, 4) is 0 Å². The zero-order valence-electron chi connectivity index (χ0n) is 9.88. The van der Waals surface area contributed by atoms with Crippen molar-refractivity contribution in [2.24, 2.45) is 0 Å². The third-order valence-electron chi connectivity index (χ3n) is 2.54. The van der Waals surface area contributed by atoms with E-state index in [1.807, 2.05) is 35.9 Å². The van der Waals surface area contributed by atoms with E-state index in [1.165, 1.54) is 7.11 Å². The molecule has 0 radical (unpaired) electrons. The Balaban J connectivity index is 2.25. The van der Waals surface area contributed by atoms with Gasteiger partial charge in [-0.15, -0.1) is 0 Å². The maximum atomic E-state index is 11.5. The summed E-state index contributed by atoms with van der Waals surface area (Å²) in [7, 11) is 1.39. The summed E-state index contributed by atoms with van der Waals surface area (Å²) in [5.74, 6) is -0.319. The Bertz CT molecular complexity index is 532. The van der Waals surface area contributed by atoms with E-state index in [-0.39, 0.29) is 5.97 Å². The SMILES string of the molecule is COC(=O)c1cccn1Cc1ccnc(C)c1. The monoisotopic (exact) mass is 230 g/mol. The first-order valence-corrected chi connectivity index (χ1v) is 5.35. The third-order valence-corrected chi connectivity index (χ3v) is 2.54. The summed E-state index contributed by atoms with van der Waals surface area (Å²) in [6.45, 7) is 2.58. The fraction of sp³-hybridized carbons (Fsp3) is 0.231. The molecule has 2 rings (SSSR count). The molecule has 0 spiro atoms. The number of pyridine rings is 1. The molecule has 88 valence electrons. The van der Waals surface area contributed by atoms with Gasteiger partial charge in [0.1, 0.15) is 5.69 Å². The van der Waals surface area contributed by atoms with E-state index >= 15 is 0 Å². The van der Waals surface area contributed by atoms with Crippen molar-refractivity contribution >= 4 is 5.97 Å². The number of carbonyl (C=O) groups is 1. The molecule has 2 heterocycles. The fourth-order valence-corrected chi connectivity index (χ4v) is 1.74. The molecule has 2 aromatic heterocycles. The van der Waals surface area contributed by atoms with E-state index in [0.717, 1.165) is 11.3 Å². The fourth-order valence-electron chi connectivity index (χ4n) is 1.74. The number of carbonyl (C=O) groups excluding carboxylic acids is 1. The molecule has 17 heavy (non-hydrogen) atoms. The second kappa shape index (κ2) is 4.82. The summed E-state index contributed by atoms with van der Waals surface area (Å²) < 4.78 is 6.59. The predicted molar refractivity (Wildman–Crippen MR) is 63.8 cm³/mol. The molecule has 0 aliphatic heterocycles. The van der Waals surface area contributed by atoms with Crippen LogP contribution >= 0.6 is 0 Å². The lowest BCUT2D eigenvalue weighted by Gasteiger charge is -2.08. The third kappa shape index (κ3) is 2.53. The Labute approximate surface area is 99.9 Å². The molecule has 4 heteroatoms. The molecule has 0 aliphatic rings. The quantitative estimate of drug-likeness (QED) is 0.758. The number of aromatic nitrogens is 2. The van der Waals surface area contributed by atoms with Crippen LogP contribution in [0.25, 0.3) is 0 Å². The minimum Gasteiger partial charge on any atom is -0.464 e.